The van der Waals surface area contributed by atoms with E-state index in [0.29, 0.717) is 11.5 Å². The van der Waals surface area contributed by atoms with Crippen LogP contribution in [0.2, 0.25) is 0 Å². The van der Waals surface area contributed by atoms with Gasteiger partial charge in [0.25, 0.3) is 0 Å². The molecular formula is C11H15ClFN. The van der Waals surface area contributed by atoms with Crippen molar-refractivity contribution in [2.45, 2.75) is 26.3 Å². The zero-order chi connectivity index (χ0) is 10.6. The third-order valence-electron chi connectivity index (χ3n) is 2.12. The number of hydrogen-bond acceptors (Lipinski definition) is 1. The predicted molar refractivity (Wildman–Crippen MR) is 57.6 cm³/mol. The Hall–Kier alpha value is -0.600. The van der Waals surface area contributed by atoms with E-state index in [1.165, 1.54) is 6.07 Å². The van der Waals surface area contributed by atoms with Crippen molar-refractivity contribution >= 4 is 11.8 Å². The highest BCUT2D eigenvalue weighted by Gasteiger charge is 2.15. The smallest absolute Gasteiger partial charge is 0.128 e. The maximum Gasteiger partial charge on any atom is 0.128 e. The average Bonchev–Trinajstić information content (AvgIpc) is 2.15. The van der Waals surface area contributed by atoms with E-state index >= 15 is 0 Å². The maximum absolute atomic E-state index is 13.4. The summed E-state index contributed by atoms with van der Waals surface area (Å²) in [5, 5.41) is 0. The zero-order valence-electron chi connectivity index (χ0n) is 8.43. The molecule has 1 nitrogen and oxygen atoms in total. The van der Waals surface area contributed by atoms with E-state index in [2.05, 4.69) is 18.7 Å². The molecule has 1 N–H and O–H groups in total. The summed E-state index contributed by atoms with van der Waals surface area (Å²) in [5.74, 6) is 0.275. The second-order valence-electron chi connectivity index (χ2n) is 3.81. The molecule has 14 heavy (non-hydrogen) atoms. The molecule has 1 aromatic carbocycles. The van der Waals surface area contributed by atoms with Crippen LogP contribution in [0.3, 0.4) is 0 Å². The summed E-state index contributed by atoms with van der Waals surface area (Å²) in [7, 11) is 0. The van der Waals surface area contributed by atoms with Crippen molar-refractivity contribution in [2.24, 2.45) is 5.92 Å². The second kappa shape index (κ2) is 5.32. The van der Waals surface area contributed by atoms with Crippen LogP contribution >= 0.6 is 11.8 Å². The Morgan fingerprint density at radius 1 is 1.36 bits per heavy atom. The summed E-state index contributed by atoms with van der Waals surface area (Å²) in [6, 6.07) is 6.60. The summed E-state index contributed by atoms with van der Waals surface area (Å²) < 4.78 is 13.4. The molecule has 0 aliphatic rings. The minimum absolute atomic E-state index is 0.113. The third kappa shape index (κ3) is 2.96. The SMILES string of the molecule is CC(C)C[C@H](NCl)c1ccccc1F. The highest BCUT2D eigenvalue weighted by molar-refractivity contribution is 6.13. The summed E-state index contributed by atoms with van der Waals surface area (Å²) in [6.45, 7) is 4.17. The standard InChI is InChI=1S/C11H15ClFN/c1-8(2)7-11(14-12)9-5-3-4-6-10(9)13/h3-6,8,11,14H,7H2,1-2H3/t11-/m0/s1. The molecule has 3 heteroatoms. The van der Waals surface area contributed by atoms with Gasteiger partial charge in [-0.15, -0.1) is 0 Å². The summed E-state index contributed by atoms with van der Waals surface area (Å²) in [4.78, 5) is 2.62. The Balaban J connectivity index is 2.83. The third-order valence-corrected chi connectivity index (χ3v) is 2.38. The van der Waals surface area contributed by atoms with Crippen molar-refractivity contribution in [1.82, 2.24) is 4.84 Å². The average molecular weight is 216 g/mol. The Kier molecular flexibility index (Phi) is 4.36. The van der Waals surface area contributed by atoms with Crippen LogP contribution in [0.1, 0.15) is 31.9 Å². The van der Waals surface area contributed by atoms with Crippen LogP contribution in [0, 0.1) is 11.7 Å². The van der Waals surface area contributed by atoms with Crippen molar-refractivity contribution in [3.63, 3.8) is 0 Å². The first kappa shape index (κ1) is 11.5. The monoisotopic (exact) mass is 215 g/mol. The zero-order valence-corrected chi connectivity index (χ0v) is 9.18. The van der Waals surface area contributed by atoms with Crippen molar-refractivity contribution in [3.05, 3.63) is 35.6 Å². The van der Waals surface area contributed by atoms with Crippen LogP contribution < -0.4 is 4.84 Å². The lowest BCUT2D eigenvalue weighted by Crippen LogP contribution is -2.15. The second-order valence-corrected chi connectivity index (χ2v) is 4.03. The van der Waals surface area contributed by atoms with Gasteiger partial charge in [-0.3, -0.25) is 0 Å². The van der Waals surface area contributed by atoms with Crippen LogP contribution in [0.25, 0.3) is 0 Å². The molecule has 1 aromatic rings. The highest BCUT2D eigenvalue weighted by Crippen LogP contribution is 2.23. The van der Waals surface area contributed by atoms with Gasteiger partial charge >= 0.3 is 0 Å². The van der Waals surface area contributed by atoms with E-state index in [1.807, 2.05) is 6.07 Å². The van der Waals surface area contributed by atoms with Gasteiger partial charge in [-0.05, 0) is 30.2 Å². The van der Waals surface area contributed by atoms with Gasteiger partial charge in [0.1, 0.15) is 5.82 Å². The lowest BCUT2D eigenvalue weighted by molar-refractivity contribution is 0.468. The molecule has 0 radical (unpaired) electrons. The number of nitrogens with one attached hydrogen (secondary N) is 1. The first-order chi connectivity index (χ1) is 6.65. The fraction of sp³-hybridized carbons (Fsp3) is 0.455. The van der Waals surface area contributed by atoms with Gasteiger partial charge < -0.3 is 0 Å². The molecule has 0 aliphatic heterocycles. The van der Waals surface area contributed by atoms with Gasteiger partial charge in [0, 0.05) is 5.56 Å². The summed E-state index contributed by atoms with van der Waals surface area (Å²) >= 11 is 5.60. The highest BCUT2D eigenvalue weighted by atomic mass is 35.5. The van der Waals surface area contributed by atoms with E-state index in [1.54, 1.807) is 12.1 Å². The lowest BCUT2D eigenvalue weighted by atomic mass is 9.97. The topological polar surface area (TPSA) is 12.0 Å². The molecule has 0 aliphatic carbocycles. The molecule has 0 aromatic heterocycles. The largest absolute Gasteiger partial charge is 0.226 e. The number of hydrogen-bond donors (Lipinski definition) is 1. The fourth-order valence-electron chi connectivity index (χ4n) is 1.46. The van der Waals surface area contributed by atoms with E-state index in [4.69, 9.17) is 11.8 Å². The van der Waals surface area contributed by atoms with Gasteiger partial charge in [0.05, 0.1) is 6.04 Å². The van der Waals surface area contributed by atoms with Crippen molar-refractivity contribution in [3.8, 4) is 0 Å². The molecule has 0 unspecified atom stereocenters. The van der Waals surface area contributed by atoms with E-state index in [-0.39, 0.29) is 11.9 Å². The molecule has 0 amide bonds. The Bertz CT molecular complexity index is 288. The van der Waals surface area contributed by atoms with Crippen LogP contribution in [0.4, 0.5) is 4.39 Å². The molecule has 0 saturated heterocycles. The summed E-state index contributed by atoms with van der Waals surface area (Å²) in [6.07, 6.45) is 0.824. The Labute approximate surface area is 89.4 Å². The molecule has 78 valence electrons. The van der Waals surface area contributed by atoms with Crippen LogP contribution in [0.5, 0.6) is 0 Å². The van der Waals surface area contributed by atoms with Crippen LogP contribution in [-0.2, 0) is 0 Å². The van der Waals surface area contributed by atoms with E-state index in [9.17, 15) is 4.39 Å². The van der Waals surface area contributed by atoms with Gasteiger partial charge in [0.15, 0.2) is 0 Å². The molecule has 0 heterocycles. The first-order valence-electron chi connectivity index (χ1n) is 4.75. The van der Waals surface area contributed by atoms with Gasteiger partial charge in [0.2, 0.25) is 0 Å². The van der Waals surface area contributed by atoms with Gasteiger partial charge in [-0.1, -0.05) is 32.0 Å². The minimum atomic E-state index is -0.202. The molecular weight excluding hydrogens is 201 g/mol. The Morgan fingerprint density at radius 2 is 2.00 bits per heavy atom. The van der Waals surface area contributed by atoms with E-state index in [0.717, 1.165) is 6.42 Å². The summed E-state index contributed by atoms with van der Waals surface area (Å²) in [5.41, 5.74) is 0.635. The number of rotatable bonds is 4. The normalized spacial score (nSPS) is 13.2. The van der Waals surface area contributed by atoms with Gasteiger partial charge in [-0.25, -0.2) is 9.23 Å². The first-order valence-corrected chi connectivity index (χ1v) is 5.13. The van der Waals surface area contributed by atoms with Crippen LogP contribution in [0.15, 0.2) is 24.3 Å². The number of benzene rings is 1. The van der Waals surface area contributed by atoms with Crippen molar-refractivity contribution < 1.29 is 4.39 Å². The molecule has 1 atom stereocenters. The lowest BCUT2D eigenvalue weighted by Gasteiger charge is -2.17. The maximum atomic E-state index is 13.4. The fourth-order valence-corrected chi connectivity index (χ4v) is 1.67. The minimum Gasteiger partial charge on any atom is -0.226 e. The molecule has 0 bridgehead atoms. The van der Waals surface area contributed by atoms with E-state index < -0.39 is 0 Å². The quantitative estimate of drug-likeness (QED) is 0.756. The van der Waals surface area contributed by atoms with Crippen LogP contribution in [-0.4, -0.2) is 0 Å². The Morgan fingerprint density at radius 3 is 2.50 bits per heavy atom. The van der Waals surface area contributed by atoms with Crippen molar-refractivity contribution in [1.29, 1.82) is 0 Å². The number of halogens is 2. The molecule has 0 spiro atoms. The van der Waals surface area contributed by atoms with Gasteiger partial charge in [-0.2, -0.15) is 0 Å². The molecule has 0 saturated carbocycles. The predicted octanol–water partition coefficient (Wildman–Crippen LogP) is 3.66. The molecule has 1 rings (SSSR count). The van der Waals surface area contributed by atoms with Crippen molar-refractivity contribution in [2.75, 3.05) is 0 Å². The molecule has 0 fully saturated rings.